The Bertz CT molecular complexity index is 1090. The van der Waals surface area contributed by atoms with Crippen LogP contribution in [0.4, 0.5) is 4.39 Å². The zero-order chi connectivity index (χ0) is 21.3. The Labute approximate surface area is 168 Å². The summed E-state index contributed by atoms with van der Waals surface area (Å²) in [5.41, 5.74) is 1.88. The molecule has 1 N–H and O–H groups in total. The molecule has 0 saturated carbocycles. The van der Waals surface area contributed by atoms with Gasteiger partial charge in [0.2, 0.25) is 0 Å². The molecule has 0 aliphatic carbocycles. The maximum absolute atomic E-state index is 13.6. The quantitative estimate of drug-likeness (QED) is 0.620. The van der Waals surface area contributed by atoms with Gasteiger partial charge in [-0.05, 0) is 69.2 Å². The molecule has 5 nitrogen and oxygen atoms in total. The molecule has 0 bridgehead atoms. The molecule has 2 atom stereocenters. The third kappa shape index (κ3) is 3.88. The number of fused-ring (bicyclic) bond motifs is 1. The molecule has 0 saturated heterocycles. The van der Waals surface area contributed by atoms with Crippen molar-refractivity contribution in [3.63, 3.8) is 0 Å². The molecule has 6 heteroatoms. The number of benzene rings is 2. The molecular formula is C23H24FNO4. The fourth-order valence-corrected chi connectivity index (χ4v) is 3.49. The van der Waals surface area contributed by atoms with Gasteiger partial charge in [-0.15, -0.1) is 0 Å². The van der Waals surface area contributed by atoms with Gasteiger partial charge in [0.25, 0.3) is 5.91 Å². The van der Waals surface area contributed by atoms with Crippen LogP contribution < -0.4 is 0 Å². The summed E-state index contributed by atoms with van der Waals surface area (Å²) in [5, 5.41) is 10.6. The van der Waals surface area contributed by atoms with Crippen LogP contribution >= 0.6 is 0 Å². The lowest BCUT2D eigenvalue weighted by Crippen LogP contribution is -2.20. The molecule has 1 aromatic heterocycles. The second-order valence-electron chi connectivity index (χ2n) is 7.23. The van der Waals surface area contributed by atoms with Crippen LogP contribution in [0, 0.1) is 12.7 Å². The Morgan fingerprint density at radius 2 is 1.90 bits per heavy atom. The summed E-state index contributed by atoms with van der Waals surface area (Å²) in [5.74, 6) is -1.94. The van der Waals surface area contributed by atoms with Crippen LogP contribution in [0.15, 0.2) is 42.5 Å². The van der Waals surface area contributed by atoms with Crippen molar-refractivity contribution in [1.29, 1.82) is 0 Å². The standard InChI is InChI=1S/C23H24FNO4/c1-5-13(2)29-23(28)14(3)21-15(4)25(20-10-9-18(26)12-19(20)21)22(27)16-7-6-8-17(24)11-16/h6-14,26H,5H2,1-4H3. The number of phenols is 1. The molecule has 2 aromatic carbocycles. The number of carbonyl (C=O) groups is 2. The Balaban J connectivity index is 2.17. The maximum atomic E-state index is 13.6. The van der Waals surface area contributed by atoms with Crippen LogP contribution in [0.2, 0.25) is 0 Å². The van der Waals surface area contributed by atoms with Crippen LogP contribution in [0.3, 0.4) is 0 Å². The molecule has 0 aliphatic heterocycles. The van der Waals surface area contributed by atoms with Crippen molar-refractivity contribution >= 4 is 22.8 Å². The third-order valence-electron chi connectivity index (χ3n) is 5.19. The van der Waals surface area contributed by atoms with Crippen molar-refractivity contribution < 1.29 is 23.8 Å². The minimum absolute atomic E-state index is 0.0246. The molecule has 3 aromatic rings. The van der Waals surface area contributed by atoms with E-state index in [0.29, 0.717) is 28.6 Å². The average Bonchev–Trinajstić information content (AvgIpc) is 2.97. The lowest BCUT2D eigenvalue weighted by atomic mass is 9.97. The van der Waals surface area contributed by atoms with Crippen LogP contribution in [0.5, 0.6) is 5.75 Å². The Morgan fingerprint density at radius 3 is 2.55 bits per heavy atom. The number of halogens is 1. The highest BCUT2D eigenvalue weighted by atomic mass is 19.1. The molecule has 0 radical (unpaired) electrons. The average molecular weight is 397 g/mol. The highest BCUT2D eigenvalue weighted by Gasteiger charge is 2.28. The molecule has 0 amide bonds. The van der Waals surface area contributed by atoms with Gasteiger partial charge in [0, 0.05) is 16.6 Å². The topological polar surface area (TPSA) is 68.5 Å². The molecule has 0 fully saturated rings. The summed E-state index contributed by atoms with van der Waals surface area (Å²) in [6.07, 6.45) is 0.471. The summed E-state index contributed by atoms with van der Waals surface area (Å²) >= 11 is 0. The van der Waals surface area contributed by atoms with Crippen LogP contribution in [-0.4, -0.2) is 27.7 Å². The zero-order valence-corrected chi connectivity index (χ0v) is 16.9. The molecule has 0 spiro atoms. The highest BCUT2D eigenvalue weighted by molar-refractivity contribution is 6.05. The smallest absolute Gasteiger partial charge is 0.313 e. The number of carbonyl (C=O) groups excluding carboxylic acids is 2. The molecule has 1 heterocycles. The SMILES string of the molecule is CCC(C)OC(=O)C(C)c1c(C)n(C(=O)c2cccc(F)c2)c2ccc(O)cc12. The fraction of sp³-hybridized carbons (Fsp3) is 0.304. The number of rotatable bonds is 5. The minimum Gasteiger partial charge on any atom is -0.508 e. The lowest BCUT2D eigenvalue weighted by molar-refractivity contribution is -0.149. The first-order chi connectivity index (χ1) is 13.7. The minimum atomic E-state index is -0.644. The van der Waals surface area contributed by atoms with Gasteiger partial charge in [0.05, 0.1) is 17.5 Å². The second-order valence-corrected chi connectivity index (χ2v) is 7.23. The fourth-order valence-electron chi connectivity index (χ4n) is 3.49. The third-order valence-corrected chi connectivity index (χ3v) is 5.19. The largest absolute Gasteiger partial charge is 0.508 e. The predicted octanol–water partition coefficient (Wildman–Crippen LogP) is 4.93. The number of aromatic nitrogens is 1. The Hall–Kier alpha value is -3.15. The number of nitrogens with zero attached hydrogens (tertiary/aromatic N) is 1. The van der Waals surface area contributed by atoms with E-state index in [2.05, 4.69) is 0 Å². The van der Waals surface area contributed by atoms with Crippen molar-refractivity contribution in [2.24, 2.45) is 0 Å². The molecule has 3 rings (SSSR count). The number of phenolic OH excluding ortho intramolecular Hbond substituents is 1. The van der Waals surface area contributed by atoms with E-state index in [-0.39, 0.29) is 17.4 Å². The number of hydrogen-bond acceptors (Lipinski definition) is 4. The van der Waals surface area contributed by atoms with Crippen LogP contribution in [-0.2, 0) is 9.53 Å². The van der Waals surface area contributed by atoms with Gasteiger partial charge in [0.1, 0.15) is 11.6 Å². The van der Waals surface area contributed by atoms with Crippen molar-refractivity contribution in [3.8, 4) is 5.75 Å². The normalized spacial score (nSPS) is 13.3. The summed E-state index contributed by atoms with van der Waals surface area (Å²) in [6.45, 7) is 7.19. The van der Waals surface area contributed by atoms with E-state index in [1.54, 1.807) is 19.9 Å². The van der Waals surface area contributed by atoms with Crippen molar-refractivity contribution in [2.45, 2.75) is 46.1 Å². The summed E-state index contributed by atoms with van der Waals surface area (Å²) in [4.78, 5) is 25.8. The van der Waals surface area contributed by atoms with Gasteiger partial charge >= 0.3 is 5.97 Å². The van der Waals surface area contributed by atoms with E-state index in [0.717, 1.165) is 0 Å². The van der Waals surface area contributed by atoms with Crippen LogP contribution in [0.1, 0.15) is 54.7 Å². The van der Waals surface area contributed by atoms with Gasteiger partial charge in [-0.25, -0.2) is 4.39 Å². The van der Waals surface area contributed by atoms with Gasteiger partial charge in [-0.2, -0.15) is 0 Å². The van der Waals surface area contributed by atoms with E-state index in [1.807, 2.05) is 13.8 Å². The monoisotopic (exact) mass is 397 g/mol. The Morgan fingerprint density at radius 1 is 1.17 bits per heavy atom. The van der Waals surface area contributed by atoms with E-state index in [1.165, 1.54) is 41.0 Å². The zero-order valence-electron chi connectivity index (χ0n) is 16.9. The molecule has 0 aliphatic rings. The first-order valence-corrected chi connectivity index (χ1v) is 9.59. The van der Waals surface area contributed by atoms with Crippen molar-refractivity contribution in [3.05, 3.63) is 65.1 Å². The summed E-state index contributed by atoms with van der Waals surface area (Å²) in [6, 6.07) is 10.1. The lowest BCUT2D eigenvalue weighted by Gasteiger charge is -2.16. The van der Waals surface area contributed by atoms with Gasteiger partial charge in [-0.1, -0.05) is 13.0 Å². The summed E-state index contributed by atoms with van der Waals surface area (Å²) < 4.78 is 20.6. The first-order valence-electron chi connectivity index (χ1n) is 9.59. The number of ether oxygens (including phenoxy) is 1. The molecule has 2 unspecified atom stereocenters. The van der Waals surface area contributed by atoms with Crippen molar-refractivity contribution in [1.82, 2.24) is 4.57 Å². The van der Waals surface area contributed by atoms with Crippen molar-refractivity contribution in [2.75, 3.05) is 0 Å². The molecule has 29 heavy (non-hydrogen) atoms. The number of hydrogen-bond donors (Lipinski definition) is 1. The van der Waals surface area contributed by atoms with E-state index in [4.69, 9.17) is 4.74 Å². The summed E-state index contributed by atoms with van der Waals surface area (Å²) in [7, 11) is 0. The van der Waals surface area contributed by atoms with Gasteiger partial charge in [0.15, 0.2) is 0 Å². The Kier molecular flexibility index (Phi) is 5.73. The van der Waals surface area contributed by atoms with Crippen LogP contribution in [0.25, 0.3) is 10.9 Å². The predicted molar refractivity (Wildman–Crippen MR) is 109 cm³/mol. The highest BCUT2D eigenvalue weighted by Crippen LogP contribution is 2.35. The molecule has 152 valence electrons. The molecular weight excluding hydrogens is 373 g/mol. The second kappa shape index (κ2) is 8.07. The number of aromatic hydroxyl groups is 1. The van der Waals surface area contributed by atoms with Gasteiger partial charge in [-0.3, -0.25) is 14.2 Å². The first kappa shape index (κ1) is 20.6. The van der Waals surface area contributed by atoms with Gasteiger partial charge < -0.3 is 9.84 Å². The van der Waals surface area contributed by atoms with E-state index < -0.39 is 23.6 Å². The number of esters is 1. The van der Waals surface area contributed by atoms with E-state index >= 15 is 0 Å². The van der Waals surface area contributed by atoms with E-state index in [9.17, 15) is 19.1 Å². The maximum Gasteiger partial charge on any atom is 0.313 e.